The predicted octanol–water partition coefficient (Wildman–Crippen LogP) is 5.42. The summed E-state index contributed by atoms with van der Waals surface area (Å²) in [6.07, 6.45) is 2.76. The van der Waals surface area contributed by atoms with Crippen LogP contribution in [-0.2, 0) is 5.54 Å². The highest BCUT2D eigenvalue weighted by atomic mass is 19.1. The molecule has 28 heavy (non-hydrogen) atoms. The van der Waals surface area contributed by atoms with E-state index >= 15 is 0 Å². The van der Waals surface area contributed by atoms with E-state index in [4.69, 9.17) is 0 Å². The van der Waals surface area contributed by atoms with E-state index in [9.17, 15) is 9.18 Å². The Kier molecular flexibility index (Phi) is 6.12. The number of carbonyl (C=O) groups is 1. The molecule has 0 saturated heterocycles. The number of hydrogen-bond acceptors (Lipinski definition) is 2. The maximum absolute atomic E-state index is 14.4. The van der Waals surface area contributed by atoms with E-state index in [1.165, 1.54) is 11.1 Å². The molecule has 0 aromatic heterocycles. The number of unbranched alkanes of at least 4 members (excludes halogenated alkanes) is 1. The van der Waals surface area contributed by atoms with Gasteiger partial charge in [-0.3, -0.25) is 0 Å². The second kappa shape index (κ2) is 8.55. The lowest BCUT2D eigenvalue weighted by Crippen LogP contribution is -2.46. The maximum atomic E-state index is 14.4. The van der Waals surface area contributed by atoms with E-state index in [-0.39, 0.29) is 17.8 Å². The largest absolute Gasteiger partial charge is 0.338 e. The average Bonchev–Trinajstić information content (AvgIpc) is 3.11. The molecule has 1 N–H and O–H groups in total. The van der Waals surface area contributed by atoms with Crippen molar-refractivity contribution in [1.82, 2.24) is 10.3 Å². The monoisotopic (exact) mass is 381 g/mol. The minimum absolute atomic E-state index is 0.196. The third-order valence-corrected chi connectivity index (χ3v) is 5.22. The van der Waals surface area contributed by atoms with Gasteiger partial charge in [-0.2, -0.15) is 5.10 Å². The SMILES string of the molecule is CCCCC1=NN(C(=O)NC(C)(C)c2ccccc2)CC1c1ccccc1F. The Bertz CT molecular complexity index is 848. The van der Waals surface area contributed by atoms with Crippen LogP contribution < -0.4 is 5.32 Å². The lowest BCUT2D eigenvalue weighted by atomic mass is 9.91. The van der Waals surface area contributed by atoms with Gasteiger partial charge < -0.3 is 5.32 Å². The molecule has 1 atom stereocenters. The number of rotatable bonds is 6. The Hall–Kier alpha value is -2.69. The van der Waals surface area contributed by atoms with Gasteiger partial charge in [-0.15, -0.1) is 0 Å². The minimum atomic E-state index is -0.534. The number of carbonyl (C=O) groups excluding carboxylic acids is 1. The molecule has 2 amide bonds. The molecule has 5 heteroatoms. The molecule has 0 saturated carbocycles. The summed E-state index contributed by atoms with van der Waals surface area (Å²) in [5, 5.41) is 9.09. The van der Waals surface area contributed by atoms with Crippen molar-refractivity contribution in [3.05, 3.63) is 71.5 Å². The number of hydrazone groups is 1. The quantitative estimate of drug-likeness (QED) is 0.714. The first-order chi connectivity index (χ1) is 13.4. The van der Waals surface area contributed by atoms with Gasteiger partial charge in [0.15, 0.2) is 0 Å². The molecular weight excluding hydrogens is 353 g/mol. The van der Waals surface area contributed by atoms with Gasteiger partial charge in [-0.1, -0.05) is 61.9 Å². The third-order valence-electron chi connectivity index (χ3n) is 5.22. The molecule has 2 aromatic rings. The van der Waals surface area contributed by atoms with Crippen molar-refractivity contribution < 1.29 is 9.18 Å². The van der Waals surface area contributed by atoms with Gasteiger partial charge in [0.2, 0.25) is 0 Å². The fourth-order valence-electron chi connectivity index (χ4n) is 3.55. The zero-order valence-electron chi connectivity index (χ0n) is 16.8. The van der Waals surface area contributed by atoms with E-state index in [0.717, 1.165) is 30.5 Å². The number of urea groups is 1. The average molecular weight is 381 g/mol. The zero-order chi connectivity index (χ0) is 20.1. The van der Waals surface area contributed by atoms with Crippen molar-refractivity contribution in [1.29, 1.82) is 0 Å². The number of amides is 2. The van der Waals surface area contributed by atoms with Gasteiger partial charge in [0, 0.05) is 11.6 Å². The summed E-state index contributed by atoms with van der Waals surface area (Å²) in [6.45, 7) is 6.40. The van der Waals surface area contributed by atoms with Gasteiger partial charge in [0.1, 0.15) is 5.82 Å². The van der Waals surface area contributed by atoms with Crippen molar-refractivity contribution in [3.63, 3.8) is 0 Å². The van der Waals surface area contributed by atoms with Crippen molar-refractivity contribution in [2.75, 3.05) is 6.54 Å². The summed E-state index contributed by atoms with van der Waals surface area (Å²) in [4.78, 5) is 12.9. The predicted molar refractivity (Wildman–Crippen MR) is 111 cm³/mol. The molecule has 4 nitrogen and oxygen atoms in total. The Morgan fingerprint density at radius 3 is 2.54 bits per heavy atom. The molecule has 0 aliphatic carbocycles. The second-order valence-corrected chi connectivity index (χ2v) is 7.77. The van der Waals surface area contributed by atoms with Crippen molar-refractivity contribution >= 4 is 11.7 Å². The molecule has 1 unspecified atom stereocenters. The molecule has 1 aliphatic heterocycles. The van der Waals surface area contributed by atoms with Crippen LogP contribution in [0.25, 0.3) is 0 Å². The highest BCUT2D eigenvalue weighted by Gasteiger charge is 2.34. The molecule has 1 aliphatic rings. The smallest absolute Gasteiger partial charge is 0.328 e. The summed E-state index contributed by atoms with van der Waals surface area (Å²) < 4.78 is 14.4. The first kappa shape index (κ1) is 20.1. The van der Waals surface area contributed by atoms with Crippen LogP contribution in [0.5, 0.6) is 0 Å². The lowest BCUT2D eigenvalue weighted by molar-refractivity contribution is 0.192. The number of benzene rings is 2. The number of halogens is 1. The topological polar surface area (TPSA) is 44.7 Å². The molecule has 3 rings (SSSR count). The Balaban J connectivity index is 1.79. The molecule has 0 fully saturated rings. The van der Waals surface area contributed by atoms with Crippen molar-refractivity contribution in [2.45, 2.75) is 51.5 Å². The summed E-state index contributed by atoms with van der Waals surface area (Å²) >= 11 is 0. The van der Waals surface area contributed by atoms with Gasteiger partial charge in [0.25, 0.3) is 0 Å². The molecule has 0 bridgehead atoms. The van der Waals surface area contributed by atoms with E-state index in [1.807, 2.05) is 50.2 Å². The Labute approximate surface area is 166 Å². The number of nitrogens with one attached hydrogen (secondary N) is 1. The normalized spacial score (nSPS) is 16.8. The Morgan fingerprint density at radius 1 is 1.18 bits per heavy atom. The van der Waals surface area contributed by atoms with Crippen LogP contribution in [0.2, 0.25) is 0 Å². The molecule has 0 spiro atoms. The standard InChI is InChI=1S/C23H28FN3O/c1-4-5-15-21-19(18-13-9-10-14-20(18)24)16-27(26-21)22(28)25-23(2,3)17-11-7-6-8-12-17/h6-14,19H,4-5,15-16H2,1-3H3,(H,25,28). The van der Waals surface area contributed by atoms with Gasteiger partial charge >= 0.3 is 6.03 Å². The van der Waals surface area contributed by atoms with Gasteiger partial charge in [-0.25, -0.2) is 14.2 Å². The molecule has 148 valence electrons. The highest BCUT2D eigenvalue weighted by molar-refractivity contribution is 5.94. The number of nitrogens with zero attached hydrogens (tertiary/aromatic N) is 2. The summed E-state index contributed by atoms with van der Waals surface area (Å²) in [5.74, 6) is -0.443. The molecule has 2 aromatic carbocycles. The summed E-state index contributed by atoms with van der Waals surface area (Å²) in [6, 6.07) is 16.3. The number of hydrogen-bond donors (Lipinski definition) is 1. The van der Waals surface area contributed by atoms with Crippen LogP contribution in [0.4, 0.5) is 9.18 Å². The van der Waals surface area contributed by atoms with Crippen LogP contribution in [0, 0.1) is 5.82 Å². The first-order valence-electron chi connectivity index (χ1n) is 9.89. The van der Waals surface area contributed by atoms with Gasteiger partial charge in [-0.05, 0) is 43.9 Å². The third kappa shape index (κ3) is 4.41. The van der Waals surface area contributed by atoms with Crippen LogP contribution in [0.15, 0.2) is 59.7 Å². The van der Waals surface area contributed by atoms with Crippen molar-refractivity contribution in [2.24, 2.45) is 5.10 Å². The van der Waals surface area contributed by atoms with Crippen LogP contribution >= 0.6 is 0 Å². The summed E-state index contributed by atoms with van der Waals surface area (Å²) in [7, 11) is 0. The Morgan fingerprint density at radius 2 is 1.86 bits per heavy atom. The second-order valence-electron chi connectivity index (χ2n) is 7.77. The molecule has 1 heterocycles. The van der Waals surface area contributed by atoms with Crippen molar-refractivity contribution in [3.8, 4) is 0 Å². The maximum Gasteiger partial charge on any atom is 0.338 e. The fraction of sp³-hybridized carbons (Fsp3) is 0.391. The van der Waals surface area contributed by atoms with E-state index in [0.29, 0.717) is 12.1 Å². The van der Waals surface area contributed by atoms with Crippen LogP contribution in [0.3, 0.4) is 0 Å². The van der Waals surface area contributed by atoms with Gasteiger partial charge in [0.05, 0.1) is 12.1 Å². The molecular formula is C23H28FN3O. The van der Waals surface area contributed by atoms with Crippen LogP contribution in [0.1, 0.15) is 57.1 Å². The van der Waals surface area contributed by atoms with Crippen LogP contribution in [-0.4, -0.2) is 23.3 Å². The lowest BCUT2D eigenvalue weighted by Gasteiger charge is -2.28. The fourth-order valence-corrected chi connectivity index (χ4v) is 3.55. The highest BCUT2D eigenvalue weighted by Crippen LogP contribution is 2.30. The zero-order valence-corrected chi connectivity index (χ0v) is 16.8. The van der Waals surface area contributed by atoms with E-state index in [1.54, 1.807) is 12.1 Å². The summed E-state index contributed by atoms with van der Waals surface area (Å²) in [5.41, 5.74) is 1.96. The van der Waals surface area contributed by atoms with E-state index in [2.05, 4.69) is 17.3 Å². The minimum Gasteiger partial charge on any atom is -0.328 e. The molecule has 0 radical (unpaired) electrons. The van der Waals surface area contributed by atoms with E-state index < -0.39 is 5.54 Å². The first-order valence-corrected chi connectivity index (χ1v) is 9.89.